The van der Waals surface area contributed by atoms with Gasteiger partial charge in [-0.05, 0) is 31.2 Å². The van der Waals surface area contributed by atoms with Crippen molar-refractivity contribution in [2.75, 3.05) is 6.54 Å². The molecule has 0 aliphatic heterocycles. The summed E-state index contributed by atoms with van der Waals surface area (Å²) in [6, 6.07) is 7.85. The van der Waals surface area contributed by atoms with E-state index < -0.39 is 11.9 Å². The Kier molecular flexibility index (Phi) is 5.99. The molecule has 2 N–H and O–H groups in total. The Balaban J connectivity index is 1.78. The first kappa shape index (κ1) is 16.5. The number of nitrogens with one attached hydrogen (secondary N) is 1. The van der Waals surface area contributed by atoms with Gasteiger partial charge in [0.25, 0.3) is 0 Å². The number of carbonyl (C=O) groups is 2. The van der Waals surface area contributed by atoms with Gasteiger partial charge in [-0.25, -0.2) is 0 Å². The standard InChI is InChI=1S/C18H25NO3/c1-13-4-2-7-15(10-13)11-16(18(21)22)12-19-17(20)9-8-14-5-3-6-14/h2,4,7,10,14,16H,3,5-6,8-9,11-12H2,1H3,(H,19,20)(H,21,22). The van der Waals surface area contributed by atoms with Crippen LogP contribution in [0.15, 0.2) is 24.3 Å². The Morgan fingerprint density at radius 1 is 1.36 bits per heavy atom. The van der Waals surface area contributed by atoms with Gasteiger partial charge in [0.1, 0.15) is 0 Å². The number of amides is 1. The van der Waals surface area contributed by atoms with Crippen molar-refractivity contribution >= 4 is 11.9 Å². The number of hydrogen-bond donors (Lipinski definition) is 2. The molecule has 0 saturated heterocycles. The fourth-order valence-electron chi connectivity index (χ4n) is 2.81. The van der Waals surface area contributed by atoms with Crippen molar-refractivity contribution in [3.63, 3.8) is 0 Å². The summed E-state index contributed by atoms with van der Waals surface area (Å²) in [5.41, 5.74) is 2.11. The lowest BCUT2D eigenvalue weighted by molar-refractivity contribution is -0.141. The van der Waals surface area contributed by atoms with Crippen molar-refractivity contribution in [2.45, 2.75) is 45.4 Å². The van der Waals surface area contributed by atoms with Gasteiger partial charge in [-0.3, -0.25) is 9.59 Å². The maximum Gasteiger partial charge on any atom is 0.308 e. The maximum atomic E-state index is 11.8. The number of aliphatic carboxylic acids is 1. The molecule has 1 aromatic carbocycles. The number of aryl methyl sites for hydroxylation is 1. The van der Waals surface area contributed by atoms with E-state index in [4.69, 9.17) is 0 Å². The highest BCUT2D eigenvalue weighted by molar-refractivity contribution is 5.77. The van der Waals surface area contributed by atoms with E-state index >= 15 is 0 Å². The number of rotatable bonds is 8. The van der Waals surface area contributed by atoms with Crippen LogP contribution >= 0.6 is 0 Å². The summed E-state index contributed by atoms with van der Waals surface area (Å²) in [6.45, 7) is 2.19. The van der Waals surface area contributed by atoms with Crippen LogP contribution in [-0.2, 0) is 16.0 Å². The van der Waals surface area contributed by atoms with Gasteiger partial charge < -0.3 is 10.4 Å². The Hall–Kier alpha value is -1.84. The average molecular weight is 303 g/mol. The highest BCUT2D eigenvalue weighted by atomic mass is 16.4. The van der Waals surface area contributed by atoms with E-state index in [1.165, 1.54) is 19.3 Å². The predicted octanol–water partition coefficient (Wildman–Crippen LogP) is 2.93. The van der Waals surface area contributed by atoms with E-state index in [0.29, 0.717) is 18.8 Å². The molecule has 0 heterocycles. The first-order chi connectivity index (χ1) is 10.5. The summed E-state index contributed by atoms with van der Waals surface area (Å²) >= 11 is 0. The summed E-state index contributed by atoms with van der Waals surface area (Å²) in [4.78, 5) is 23.2. The predicted molar refractivity (Wildman–Crippen MR) is 85.6 cm³/mol. The number of hydrogen-bond acceptors (Lipinski definition) is 2. The van der Waals surface area contributed by atoms with Crippen molar-refractivity contribution in [1.82, 2.24) is 5.32 Å². The third-order valence-corrected chi connectivity index (χ3v) is 4.46. The lowest BCUT2D eigenvalue weighted by Gasteiger charge is -2.24. The molecular weight excluding hydrogens is 278 g/mol. The van der Waals surface area contributed by atoms with Gasteiger partial charge in [-0.15, -0.1) is 0 Å². The SMILES string of the molecule is Cc1cccc(CC(CNC(=O)CCC2CCC2)C(=O)O)c1. The molecule has 4 nitrogen and oxygen atoms in total. The Bertz CT molecular complexity index is 523. The van der Waals surface area contributed by atoms with Gasteiger partial charge in [-0.2, -0.15) is 0 Å². The molecule has 0 spiro atoms. The van der Waals surface area contributed by atoms with Crippen molar-refractivity contribution in [3.05, 3.63) is 35.4 Å². The van der Waals surface area contributed by atoms with E-state index in [2.05, 4.69) is 5.32 Å². The molecule has 0 aromatic heterocycles. The first-order valence-electron chi connectivity index (χ1n) is 8.09. The summed E-state index contributed by atoms with van der Waals surface area (Å²) < 4.78 is 0. The lowest BCUT2D eigenvalue weighted by atomic mass is 9.82. The number of benzene rings is 1. The van der Waals surface area contributed by atoms with Gasteiger partial charge in [0.05, 0.1) is 5.92 Å². The molecule has 1 fully saturated rings. The van der Waals surface area contributed by atoms with Crippen LogP contribution < -0.4 is 5.32 Å². The number of carboxylic acids is 1. The Morgan fingerprint density at radius 2 is 2.14 bits per heavy atom. The molecule has 0 radical (unpaired) electrons. The molecule has 0 bridgehead atoms. The number of carboxylic acid groups (broad SMARTS) is 1. The van der Waals surface area contributed by atoms with Gasteiger partial charge in [0.15, 0.2) is 0 Å². The van der Waals surface area contributed by atoms with Crippen molar-refractivity contribution in [1.29, 1.82) is 0 Å². The molecule has 4 heteroatoms. The van der Waals surface area contributed by atoms with Crippen LogP contribution in [0.3, 0.4) is 0 Å². The zero-order valence-corrected chi connectivity index (χ0v) is 13.2. The minimum atomic E-state index is -0.860. The second-order valence-corrected chi connectivity index (χ2v) is 6.37. The van der Waals surface area contributed by atoms with E-state index in [1.807, 2.05) is 31.2 Å². The summed E-state index contributed by atoms with van der Waals surface area (Å²) in [5, 5.41) is 12.1. The van der Waals surface area contributed by atoms with Crippen LogP contribution in [0.2, 0.25) is 0 Å². The minimum Gasteiger partial charge on any atom is -0.481 e. The molecule has 2 rings (SSSR count). The highest BCUT2D eigenvalue weighted by Crippen LogP contribution is 2.30. The van der Waals surface area contributed by atoms with Crippen LogP contribution in [0.4, 0.5) is 0 Å². The summed E-state index contributed by atoms with van der Waals surface area (Å²) in [5.74, 6) is -0.758. The molecular formula is C18H25NO3. The van der Waals surface area contributed by atoms with Gasteiger partial charge in [0.2, 0.25) is 5.91 Å². The lowest BCUT2D eigenvalue weighted by Crippen LogP contribution is -2.34. The van der Waals surface area contributed by atoms with Crippen LogP contribution in [0.5, 0.6) is 0 Å². The monoisotopic (exact) mass is 303 g/mol. The third-order valence-electron chi connectivity index (χ3n) is 4.46. The van der Waals surface area contributed by atoms with Crippen molar-refractivity contribution < 1.29 is 14.7 Å². The molecule has 1 saturated carbocycles. The summed E-state index contributed by atoms with van der Waals surface area (Å²) in [6.07, 6.45) is 5.64. The molecule has 1 amide bonds. The van der Waals surface area contributed by atoms with Crippen LogP contribution in [0, 0.1) is 18.8 Å². The van der Waals surface area contributed by atoms with Crippen molar-refractivity contribution in [2.24, 2.45) is 11.8 Å². The Morgan fingerprint density at radius 3 is 2.73 bits per heavy atom. The second kappa shape index (κ2) is 7.97. The average Bonchev–Trinajstić information content (AvgIpc) is 2.41. The van der Waals surface area contributed by atoms with E-state index in [1.54, 1.807) is 0 Å². The van der Waals surface area contributed by atoms with Crippen molar-refractivity contribution in [3.8, 4) is 0 Å². The van der Waals surface area contributed by atoms with E-state index in [-0.39, 0.29) is 12.5 Å². The molecule has 22 heavy (non-hydrogen) atoms. The van der Waals surface area contributed by atoms with Crippen LogP contribution in [-0.4, -0.2) is 23.5 Å². The minimum absolute atomic E-state index is 0.0256. The molecule has 120 valence electrons. The zero-order chi connectivity index (χ0) is 15.9. The smallest absolute Gasteiger partial charge is 0.308 e. The molecule has 1 aromatic rings. The van der Waals surface area contributed by atoms with Crippen LogP contribution in [0.1, 0.15) is 43.2 Å². The molecule has 1 unspecified atom stereocenters. The zero-order valence-electron chi connectivity index (χ0n) is 13.2. The molecule has 1 aliphatic carbocycles. The largest absolute Gasteiger partial charge is 0.481 e. The molecule has 1 atom stereocenters. The third kappa shape index (κ3) is 5.17. The fourth-order valence-corrected chi connectivity index (χ4v) is 2.81. The highest BCUT2D eigenvalue weighted by Gasteiger charge is 2.21. The normalized spacial score (nSPS) is 15.9. The first-order valence-corrected chi connectivity index (χ1v) is 8.09. The molecule has 1 aliphatic rings. The Labute approximate surface area is 131 Å². The van der Waals surface area contributed by atoms with E-state index in [0.717, 1.165) is 17.5 Å². The topological polar surface area (TPSA) is 66.4 Å². The second-order valence-electron chi connectivity index (χ2n) is 6.37. The van der Waals surface area contributed by atoms with Gasteiger partial charge in [0, 0.05) is 13.0 Å². The fraction of sp³-hybridized carbons (Fsp3) is 0.556. The van der Waals surface area contributed by atoms with E-state index in [9.17, 15) is 14.7 Å². The van der Waals surface area contributed by atoms with Crippen LogP contribution in [0.25, 0.3) is 0 Å². The van der Waals surface area contributed by atoms with Gasteiger partial charge >= 0.3 is 5.97 Å². The number of carbonyl (C=O) groups excluding carboxylic acids is 1. The summed E-state index contributed by atoms with van der Waals surface area (Å²) in [7, 11) is 0. The maximum absolute atomic E-state index is 11.8. The quantitative estimate of drug-likeness (QED) is 0.776. The van der Waals surface area contributed by atoms with Gasteiger partial charge in [-0.1, -0.05) is 49.1 Å².